The first kappa shape index (κ1) is 28.8. The number of urea groups is 1. The number of rotatable bonds is 12. The summed E-state index contributed by atoms with van der Waals surface area (Å²) in [5, 5.41) is 15.8. The van der Waals surface area contributed by atoms with E-state index in [0.29, 0.717) is 17.8 Å². The maximum atomic E-state index is 13.4. The van der Waals surface area contributed by atoms with Crippen LogP contribution in [0.15, 0.2) is 76.7 Å². The first-order chi connectivity index (χ1) is 19.4. The van der Waals surface area contributed by atoms with Crippen LogP contribution in [0.2, 0.25) is 0 Å². The number of carboxylic acid groups (broad SMARTS) is 1. The fourth-order valence-corrected chi connectivity index (χ4v) is 5.25. The maximum absolute atomic E-state index is 13.4. The van der Waals surface area contributed by atoms with E-state index in [1.165, 1.54) is 24.3 Å². The molecule has 3 N–H and O–H groups in total. The van der Waals surface area contributed by atoms with E-state index < -0.39 is 17.8 Å². The molecule has 0 bridgehead atoms. The minimum atomic E-state index is -0.951. The Bertz CT molecular complexity index is 1390. The van der Waals surface area contributed by atoms with Gasteiger partial charge >= 0.3 is 12.0 Å². The number of hydrogen-bond acceptors (Lipinski definition) is 5. The summed E-state index contributed by atoms with van der Waals surface area (Å²) in [6.45, 7) is 2.69. The summed E-state index contributed by atoms with van der Waals surface area (Å²) in [6, 6.07) is 17.3. The quantitative estimate of drug-likeness (QED) is 0.136. The number of halogens is 1. The zero-order chi connectivity index (χ0) is 28.5. The van der Waals surface area contributed by atoms with Crippen LogP contribution >= 0.6 is 11.8 Å². The molecular formula is C30H31FN4O4S. The number of hydrazone groups is 1. The molecule has 40 heavy (non-hydrogen) atoms. The van der Waals surface area contributed by atoms with E-state index in [2.05, 4.69) is 22.8 Å². The van der Waals surface area contributed by atoms with Gasteiger partial charge in [0.25, 0.3) is 5.91 Å². The van der Waals surface area contributed by atoms with Crippen molar-refractivity contribution in [3.63, 3.8) is 0 Å². The van der Waals surface area contributed by atoms with E-state index in [1.807, 2.05) is 30.3 Å². The predicted octanol–water partition coefficient (Wildman–Crippen LogP) is 6.31. The first-order valence-electron chi connectivity index (χ1n) is 13.2. The Labute approximate surface area is 236 Å². The smallest absolute Gasteiger partial charge is 0.339 e. The van der Waals surface area contributed by atoms with E-state index in [4.69, 9.17) is 5.11 Å². The highest BCUT2D eigenvalue weighted by atomic mass is 32.2. The third-order valence-electron chi connectivity index (χ3n) is 6.43. The van der Waals surface area contributed by atoms with Gasteiger partial charge in [-0.2, -0.15) is 5.10 Å². The Kier molecular flexibility index (Phi) is 9.91. The SMILES string of the molecule is CCCCCCN1C(=O)C(=NNC(=O)Nc2ccc(F)cc2)c2cc(SCCc3ccc(C(=O)O)cc3)ccc21. The third-order valence-corrected chi connectivity index (χ3v) is 7.42. The summed E-state index contributed by atoms with van der Waals surface area (Å²) in [7, 11) is 0. The lowest BCUT2D eigenvalue weighted by atomic mass is 10.1. The van der Waals surface area contributed by atoms with Crippen LogP contribution in [0.4, 0.5) is 20.6 Å². The van der Waals surface area contributed by atoms with Crippen LogP contribution in [-0.4, -0.2) is 41.0 Å². The summed E-state index contributed by atoms with van der Waals surface area (Å²) >= 11 is 1.62. The molecule has 0 spiro atoms. The number of carbonyl (C=O) groups excluding carboxylic acids is 2. The Morgan fingerprint density at radius 3 is 2.45 bits per heavy atom. The van der Waals surface area contributed by atoms with E-state index in [-0.39, 0.29) is 17.2 Å². The first-order valence-corrected chi connectivity index (χ1v) is 14.2. The van der Waals surface area contributed by atoms with Crippen LogP contribution in [0.3, 0.4) is 0 Å². The average Bonchev–Trinajstić information content (AvgIpc) is 3.21. The molecule has 0 saturated carbocycles. The molecule has 3 aromatic rings. The van der Waals surface area contributed by atoms with E-state index in [0.717, 1.165) is 54.0 Å². The molecule has 10 heteroatoms. The second kappa shape index (κ2) is 13.7. The lowest BCUT2D eigenvalue weighted by Gasteiger charge is -2.16. The lowest BCUT2D eigenvalue weighted by Crippen LogP contribution is -2.33. The molecule has 0 saturated heterocycles. The van der Waals surface area contributed by atoms with Crippen molar-refractivity contribution < 1.29 is 23.9 Å². The Morgan fingerprint density at radius 1 is 1.00 bits per heavy atom. The van der Waals surface area contributed by atoms with Gasteiger partial charge in [0.1, 0.15) is 5.82 Å². The topological polar surface area (TPSA) is 111 Å². The summed E-state index contributed by atoms with van der Waals surface area (Å²) < 4.78 is 13.2. The van der Waals surface area contributed by atoms with Crippen molar-refractivity contribution in [3.8, 4) is 0 Å². The average molecular weight is 563 g/mol. The monoisotopic (exact) mass is 562 g/mol. The highest BCUT2D eigenvalue weighted by molar-refractivity contribution is 7.99. The van der Waals surface area contributed by atoms with Gasteiger partial charge in [-0.3, -0.25) is 4.79 Å². The van der Waals surface area contributed by atoms with Crippen LogP contribution in [0.5, 0.6) is 0 Å². The fraction of sp³-hybridized carbons (Fsp3) is 0.267. The molecule has 4 rings (SSSR count). The number of benzene rings is 3. The van der Waals surface area contributed by atoms with E-state index in [1.54, 1.807) is 28.8 Å². The molecule has 0 radical (unpaired) electrons. The second-order valence-corrected chi connectivity index (χ2v) is 10.5. The molecule has 0 unspecified atom stereocenters. The normalized spacial score (nSPS) is 13.4. The highest BCUT2D eigenvalue weighted by Crippen LogP contribution is 2.33. The lowest BCUT2D eigenvalue weighted by molar-refractivity contribution is -0.112. The minimum Gasteiger partial charge on any atom is -0.478 e. The molecule has 0 atom stereocenters. The van der Waals surface area contributed by atoms with Crippen LogP contribution < -0.4 is 15.6 Å². The largest absolute Gasteiger partial charge is 0.478 e. The van der Waals surface area contributed by atoms with Crippen LogP contribution in [0.1, 0.15) is 54.1 Å². The summed E-state index contributed by atoms with van der Waals surface area (Å²) in [5.41, 5.74) is 5.65. The standard InChI is InChI=1S/C30H31FN4O4S/c1-2-3-4-5-17-35-26-15-14-24(40-18-16-20-6-8-21(9-7-20)29(37)38)19-25(26)27(28(35)36)33-34-30(39)32-23-12-10-22(31)11-13-23/h6-15,19H,2-5,16-18H2,1H3,(H,37,38)(H2,32,34,39). The Hall–Kier alpha value is -4.18. The van der Waals surface area contributed by atoms with Crippen LogP contribution in [-0.2, 0) is 11.2 Å². The Balaban J connectivity index is 1.47. The van der Waals surface area contributed by atoms with Gasteiger partial charge in [0.05, 0.1) is 11.3 Å². The number of carbonyl (C=O) groups is 3. The van der Waals surface area contributed by atoms with Crippen molar-refractivity contribution in [3.05, 3.63) is 89.2 Å². The number of nitrogens with one attached hydrogen (secondary N) is 2. The van der Waals surface area contributed by atoms with Gasteiger partial charge in [0.2, 0.25) is 0 Å². The molecule has 208 valence electrons. The predicted molar refractivity (Wildman–Crippen MR) is 156 cm³/mol. The highest BCUT2D eigenvalue weighted by Gasteiger charge is 2.34. The molecule has 3 amide bonds. The molecule has 1 heterocycles. The number of aromatic carboxylic acids is 1. The summed E-state index contributed by atoms with van der Waals surface area (Å²) in [4.78, 5) is 39.5. The molecule has 0 aliphatic carbocycles. The minimum absolute atomic E-state index is 0.159. The van der Waals surface area contributed by atoms with Gasteiger partial charge in [-0.15, -0.1) is 11.8 Å². The molecular weight excluding hydrogens is 531 g/mol. The van der Waals surface area contributed by atoms with Gasteiger partial charge < -0.3 is 15.3 Å². The molecule has 0 fully saturated rings. The molecule has 8 nitrogen and oxygen atoms in total. The zero-order valence-corrected chi connectivity index (χ0v) is 23.0. The number of hydrogen-bond donors (Lipinski definition) is 3. The molecule has 3 aromatic carbocycles. The van der Waals surface area contributed by atoms with Crippen molar-refractivity contribution in [1.29, 1.82) is 0 Å². The van der Waals surface area contributed by atoms with Crippen molar-refractivity contribution in [1.82, 2.24) is 5.43 Å². The van der Waals surface area contributed by atoms with Crippen molar-refractivity contribution in [2.24, 2.45) is 5.10 Å². The van der Waals surface area contributed by atoms with Gasteiger partial charge in [-0.25, -0.2) is 19.4 Å². The van der Waals surface area contributed by atoms with Crippen LogP contribution in [0, 0.1) is 5.82 Å². The number of nitrogens with zero attached hydrogens (tertiary/aromatic N) is 2. The second-order valence-electron chi connectivity index (χ2n) is 9.33. The van der Waals surface area contributed by atoms with Crippen molar-refractivity contribution in [2.45, 2.75) is 43.9 Å². The number of aryl methyl sites for hydroxylation is 1. The van der Waals surface area contributed by atoms with Crippen molar-refractivity contribution >= 4 is 46.8 Å². The summed E-state index contributed by atoms with van der Waals surface area (Å²) in [5.74, 6) is -0.879. The van der Waals surface area contributed by atoms with Gasteiger partial charge in [0, 0.05) is 28.4 Å². The van der Waals surface area contributed by atoms with Crippen molar-refractivity contribution in [2.75, 3.05) is 22.5 Å². The van der Waals surface area contributed by atoms with Gasteiger partial charge in [-0.05, 0) is 73.0 Å². The van der Waals surface area contributed by atoms with E-state index in [9.17, 15) is 18.8 Å². The number of anilines is 2. The molecule has 1 aliphatic rings. The maximum Gasteiger partial charge on any atom is 0.339 e. The number of fused-ring (bicyclic) bond motifs is 1. The third kappa shape index (κ3) is 7.47. The van der Waals surface area contributed by atoms with Crippen LogP contribution in [0.25, 0.3) is 0 Å². The fourth-order valence-electron chi connectivity index (χ4n) is 4.31. The summed E-state index contributed by atoms with van der Waals surface area (Å²) in [6.07, 6.45) is 4.81. The number of carboxylic acids is 1. The zero-order valence-electron chi connectivity index (χ0n) is 22.2. The molecule has 1 aliphatic heterocycles. The number of amides is 3. The number of unbranched alkanes of at least 4 members (excludes halogenated alkanes) is 3. The van der Waals surface area contributed by atoms with E-state index >= 15 is 0 Å². The van der Waals surface area contributed by atoms with Gasteiger partial charge in [0.15, 0.2) is 5.71 Å². The molecule has 0 aromatic heterocycles. The number of thioether (sulfide) groups is 1. The van der Waals surface area contributed by atoms with Gasteiger partial charge in [-0.1, -0.05) is 38.3 Å². The Morgan fingerprint density at radius 2 is 1.75 bits per heavy atom.